The van der Waals surface area contributed by atoms with Gasteiger partial charge < -0.3 is 9.84 Å². The van der Waals surface area contributed by atoms with Gasteiger partial charge in [-0.25, -0.2) is 0 Å². The van der Waals surface area contributed by atoms with Gasteiger partial charge in [0.05, 0.1) is 13.7 Å². The van der Waals surface area contributed by atoms with Crippen LogP contribution in [0.1, 0.15) is 38.3 Å². The number of methoxy groups -OCH3 is 1. The third-order valence-corrected chi connectivity index (χ3v) is 3.85. The number of rotatable bonds is 6. The summed E-state index contributed by atoms with van der Waals surface area (Å²) in [5.41, 5.74) is 2.17. The van der Waals surface area contributed by atoms with Gasteiger partial charge in [0.25, 0.3) is 0 Å². The van der Waals surface area contributed by atoms with Crippen molar-refractivity contribution in [3.05, 3.63) is 29.3 Å². The van der Waals surface area contributed by atoms with E-state index in [1.807, 2.05) is 18.2 Å². The molecule has 3 nitrogen and oxygen atoms in total. The van der Waals surface area contributed by atoms with Gasteiger partial charge in [-0.3, -0.25) is 4.90 Å². The van der Waals surface area contributed by atoms with Crippen molar-refractivity contribution in [3.8, 4) is 17.6 Å². The second-order valence-electron chi connectivity index (χ2n) is 5.70. The summed E-state index contributed by atoms with van der Waals surface area (Å²) >= 11 is 0. The lowest BCUT2D eigenvalue weighted by atomic mass is 10.0. The van der Waals surface area contributed by atoms with E-state index >= 15 is 0 Å². The standard InChI is InChI=1S/C18H27NO2/c1-14(2)15(3)19(4)13-17-12-18(21-5)10-9-16(17)8-6-7-11-20/h9-10,12,14-15,20H,7,11,13H2,1-5H3. The van der Waals surface area contributed by atoms with Crippen LogP contribution in [0.15, 0.2) is 18.2 Å². The fraction of sp³-hybridized carbons (Fsp3) is 0.556. The molecule has 1 aromatic carbocycles. The fourth-order valence-electron chi connectivity index (χ4n) is 2.09. The fourth-order valence-corrected chi connectivity index (χ4v) is 2.09. The maximum absolute atomic E-state index is 8.84. The van der Waals surface area contributed by atoms with Gasteiger partial charge in [0.2, 0.25) is 0 Å². The monoisotopic (exact) mass is 289 g/mol. The van der Waals surface area contributed by atoms with Gasteiger partial charge >= 0.3 is 0 Å². The SMILES string of the molecule is COc1ccc(C#CCCO)c(CN(C)C(C)C(C)C)c1. The van der Waals surface area contributed by atoms with Crippen LogP contribution in [0, 0.1) is 17.8 Å². The summed E-state index contributed by atoms with van der Waals surface area (Å²) in [5, 5.41) is 8.84. The lowest BCUT2D eigenvalue weighted by Gasteiger charge is -2.28. The summed E-state index contributed by atoms with van der Waals surface area (Å²) in [6.07, 6.45) is 0.504. The van der Waals surface area contributed by atoms with Crippen molar-refractivity contribution in [2.45, 2.75) is 39.8 Å². The minimum atomic E-state index is 0.1000. The van der Waals surface area contributed by atoms with E-state index in [0.29, 0.717) is 18.4 Å². The molecule has 0 aliphatic carbocycles. The Morgan fingerprint density at radius 3 is 2.57 bits per heavy atom. The zero-order valence-corrected chi connectivity index (χ0v) is 13.8. The molecule has 0 radical (unpaired) electrons. The predicted octanol–water partition coefficient (Wildman–Crippen LogP) is 2.91. The Balaban J connectivity index is 2.99. The number of aliphatic hydroxyl groups is 1. The molecule has 1 aromatic rings. The van der Waals surface area contributed by atoms with Crippen molar-refractivity contribution < 1.29 is 9.84 Å². The van der Waals surface area contributed by atoms with Gasteiger partial charge in [0, 0.05) is 24.6 Å². The van der Waals surface area contributed by atoms with Gasteiger partial charge in [-0.2, -0.15) is 0 Å². The normalized spacial score (nSPS) is 12.2. The lowest BCUT2D eigenvalue weighted by molar-refractivity contribution is 0.200. The Labute approximate surface area is 128 Å². The van der Waals surface area contributed by atoms with E-state index in [0.717, 1.165) is 23.4 Å². The van der Waals surface area contributed by atoms with Crippen LogP contribution in [-0.4, -0.2) is 36.8 Å². The highest BCUT2D eigenvalue weighted by Gasteiger charge is 2.15. The summed E-state index contributed by atoms with van der Waals surface area (Å²) < 4.78 is 5.32. The van der Waals surface area contributed by atoms with Crippen molar-refractivity contribution in [2.75, 3.05) is 20.8 Å². The minimum Gasteiger partial charge on any atom is -0.497 e. The quantitative estimate of drug-likeness (QED) is 0.817. The van der Waals surface area contributed by atoms with Crippen LogP contribution in [0.4, 0.5) is 0 Å². The third-order valence-electron chi connectivity index (χ3n) is 3.85. The van der Waals surface area contributed by atoms with Crippen LogP contribution in [0.2, 0.25) is 0 Å². The van der Waals surface area contributed by atoms with Crippen molar-refractivity contribution in [2.24, 2.45) is 5.92 Å². The molecule has 0 spiro atoms. The van der Waals surface area contributed by atoms with E-state index in [9.17, 15) is 0 Å². The molecular formula is C18H27NO2. The number of hydrogen-bond acceptors (Lipinski definition) is 3. The Morgan fingerprint density at radius 1 is 1.29 bits per heavy atom. The highest BCUT2D eigenvalue weighted by atomic mass is 16.5. The average molecular weight is 289 g/mol. The molecule has 1 N–H and O–H groups in total. The minimum absolute atomic E-state index is 0.1000. The molecule has 0 saturated heterocycles. The molecule has 1 rings (SSSR count). The molecule has 0 aliphatic heterocycles. The molecule has 1 atom stereocenters. The van der Waals surface area contributed by atoms with Crippen LogP contribution in [0.25, 0.3) is 0 Å². The first-order valence-corrected chi connectivity index (χ1v) is 7.46. The van der Waals surface area contributed by atoms with Crippen LogP contribution in [0.5, 0.6) is 5.75 Å². The van der Waals surface area contributed by atoms with Crippen molar-refractivity contribution in [1.29, 1.82) is 0 Å². The smallest absolute Gasteiger partial charge is 0.119 e. The zero-order chi connectivity index (χ0) is 15.8. The largest absolute Gasteiger partial charge is 0.497 e. The topological polar surface area (TPSA) is 32.7 Å². The summed E-state index contributed by atoms with van der Waals surface area (Å²) in [7, 11) is 3.81. The maximum atomic E-state index is 8.84. The Kier molecular flexibility index (Phi) is 7.28. The van der Waals surface area contributed by atoms with E-state index in [2.05, 4.69) is 44.6 Å². The van der Waals surface area contributed by atoms with E-state index < -0.39 is 0 Å². The van der Waals surface area contributed by atoms with Gasteiger partial charge in [0.15, 0.2) is 0 Å². The second-order valence-corrected chi connectivity index (χ2v) is 5.70. The highest BCUT2D eigenvalue weighted by Crippen LogP contribution is 2.20. The molecule has 0 bridgehead atoms. The molecule has 0 amide bonds. The summed E-state index contributed by atoms with van der Waals surface area (Å²) in [5.74, 6) is 7.59. The zero-order valence-electron chi connectivity index (χ0n) is 13.8. The van der Waals surface area contributed by atoms with Crippen LogP contribution in [-0.2, 0) is 6.54 Å². The first-order chi connectivity index (χ1) is 9.99. The third kappa shape index (κ3) is 5.41. The molecule has 21 heavy (non-hydrogen) atoms. The molecular weight excluding hydrogens is 262 g/mol. The molecule has 0 heterocycles. The van der Waals surface area contributed by atoms with Crippen LogP contribution in [0.3, 0.4) is 0 Å². The van der Waals surface area contributed by atoms with Gasteiger partial charge in [-0.15, -0.1) is 0 Å². The Morgan fingerprint density at radius 2 is 2.00 bits per heavy atom. The molecule has 0 aliphatic rings. The summed E-state index contributed by atoms with van der Waals surface area (Å²) in [4.78, 5) is 2.33. The molecule has 3 heteroatoms. The maximum Gasteiger partial charge on any atom is 0.119 e. The summed E-state index contributed by atoms with van der Waals surface area (Å²) in [6, 6.07) is 6.46. The average Bonchev–Trinajstić information content (AvgIpc) is 2.47. The van der Waals surface area contributed by atoms with E-state index in [1.54, 1.807) is 7.11 Å². The predicted molar refractivity (Wildman–Crippen MR) is 87.3 cm³/mol. The molecule has 116 valence electrons. The number of hydrogen-bond donors (Lipinski definition) is 1. The lowest BCUT2D eigenvalue weighted by Crippen LogP contribution is -2.32. The van der Waals surface area contributed by atoms with Gasteiger partial charge in [-0.05, 0) is 43.7 Å². The second kappa shape index (κ2) is 8.71. The Hall–Kier alpha value is -1.50. The van der Waals surface area contributed by atoms with E-state index in [1.165, 1.54) is 0 Å². The highest BCUT2D eigenvalue weighted by molar-refractivity contribution is 5.45. The number of aliphatic hydroxyl groups excluding tert-OH is 1. The van der Waals surface area contributed by atoms with Crippen LogP contribution >= 0.6 is 0 Å². The van der Waals surface area contributed by atoms with Crippen molar-refractivity contribution in [1.82, 2.24) is 4.90 Å². The summed E-state index contributed by atoms with van der Waals surface area (Å²) in [6.45, 7) is 7.63. The van der Waals surface area contributed by atoms with E-state index in [4.69, 9.17) is 9.84 Å². The van der Waals surface area contributed by atoms with Gasteiger partial charge in [0.1, 0.15) is 5.75 Å². The molecule has 0 aromatic heterocycles. The van der Waals surface area contributed by atoms with Crippen LogP contribution < -0.4 is 4.74 Å². The first-order valence-electron chi connectivity index (χ1n) is 7.46. The number of nitrogens with zero attached hydrogens (tertiary/aromatic N) is 1. The Bertz CT molecular complexity index is 500. The van der Waals surface area contributed by atoms with Gasteiger partial charge in [-0.1, -0.05) is 25.7 Å². The molecule has 1 unspecified atom stereocenters. The van der Waals surface area contributed by atoms with E-state index in [-0.39, 0.29) is 6.61 Å². The number of benzene rings is 1. The molecule has 0 saturated carbocycles. The molecule has 0 fully saturated rings. The first kappa shape index (κ1) is 17.6. The van der Waals surface area contributed by atoms with Crippen molar-refractivity contribution in [3.63, 3.8) is 0 Å². The number of ether oxygens (including phenoxy) is 1. The van der Waals surface area contributed by atoms with Crippen molar-refractivity contribution >= 4 is 0 Å².